The summed E-state index contributed by atoms with van der Waals surface area (Å²) in [6.07, 6.45) is 1.72. The molecule has 1 rings (SSSR count). The summed E-state index contributed by atoms with van der Waals surface area (Å²) in [6, 6.07) is 3.84. The highest BCUT2D eigenvalue weighted by Crippen LogP contribution is 2.03. The summed E-state index contributed by atoms with van der Waals surface area (Å²) in [5.74, 6) is 0. The van der Waals surface area contributed by atoms with E-state index in [1.807, 2.05) is 19.1 Å². The summed E-state index contributed by atoms with van der Waals surface area (Å²) in [5, 5.41) is 0. The van der Waals surface area contributed by atoms with Crippen LogP contribution in [-0.2, 0) is 6.54 Å². The fourth-order valence-corrected chi connectivity index (χ4v) is 0.759. The third-order valence-electron chi connectivity index (χ3n) is 1.35. The van der Waals surface area contributed by atoms with Gasteiger partial charge in [0, 0.05) is 6.20 Å². The third-order valence-corrected chi connectivity index (χ3v) is 1.35. The molecular weight excluding hydrogens is 124 g/mol. The minimum Gasteiger partial charge on any atom is -0.310 e. The molecule has 0 spiro atoms. The second-order valence-corrected chi connectivity index (χ2v) is 2.08. The Bertz CT molecular complexity index is 260. The van der Waals surface area contributed by atoms with E-state index in [4.69, 9.17) is 6.57 Å². The average Bonchev–Trinajstić information content (AvgIpc) is 1.94. The van der Waals surface area contributed by atoms with Gasteiger partial charge < -0.3 is 4.85 Å². The van der Waals surface area contributed by atoms with Gasteiger partial charge in [0.05, 0.1) is 0 Å². The number of aryl methyl sites for hydroxylation is 1. The van der Waals surface area contributed by atoms with Crippen LogP contribution in [0, 0.1) is 13.5 Å². The van der Waals surface area contributed by atoms with Crippen LogP contribution in [0.5, 0.6) is 0 Å². The third kappa shape index (κ3) is 1.32. The Kier molecular flexibility index (Phi) is 2.01. The molecule has 0 saturated carbocycles. The van der Waals surface area contributed by atoms with Crippen molar-refractivity contribution in [2.24, 2.45) is 0 Å². The number of nitrogens with zero attached hydrogens (tertiary/aromatic N) is 2. The maximum Gasteiger partial charge on any atom is 0.256 e. The summed E-state index contributed by atoms with van der Waals surface area (Å²) < 4.78 is 0. The van der Waals surface area contributed by atoms with Crippen molar-refractivity contribution in [3.8, 4) is 0 Å². The van der Waals surface area contributed by atoms with Gasteiger partial charge in [0.15, 0.2) is 0 Å². The Morgan fingerprint density at radius 2 is 2.50 bits per heavy atom. The van der Waals surface area contributed by atoms with Crippen LogP contribution in [-0.4, -0.2) is 4.98 Å². The lowest BCUT2D eigenvalue weighted by molar-refractivity contribution is 1.07. The van der Waals surface area contributed by atoms with Gasteiger partial charge in [-0.15, -0.1) is 0 Å². The van der Waals surface area contributed by atoms with Gasteiger partial charge in [-0.05, 0) is 18.6 Å². The van der Waals surface area contributed by atoms with Crippen LogP contribution in [0.1, 0.15) is 11.3 Å². The van der Waals surface area contributed by atoms with E-state index >= 15 is 0 Å². The van der Waals surface area contributed by atoms with Crippen LogP contribution in [0.2, 0.25) is 0 Å². The van der Waals surface area contributed by atoms with Crippen LogP contribution in [0.15, 0.2) is 18.3 Å². The van der Waals surface area contributed by atoms with Crippen molar-refractivity contribution in [1.82, 2.24) is 4.98 Å². The Labute approximate surface area is 60.3 Å². The van der Waals surface area contributed by atoms with Gasteiger partial charge in [0.25, 0.3) is 6.54 Å². The first-order chi connectivity index (χ1) is 4.84. The molecule has 0 amide bonds. The van der Waals surface area contributed by atoms with Crippen molar-refractivity contribution in [3.63, 3.8) is 0 Å². The lowest BCUT2D eigenvalue weighted by Gasteiger charge is -1.93. The quantitative estimate of drug-likeness (QED) is 0.532. The van der Waals surface area contributed by atoms with Crippen molar-refractivity contribution in [2.75, 3.05) is 0 Å². The minimum absolute atomic E-state index is 0.396. The molecule has 2 heteroatoms. The lowest BCUT2D eigenvalue weighted by Crippen LogP contribution is -1.88. The molecule has 0 unspecified atom stereocenters. The maximum absolute atomic E-state index is 6.62. The topological polar surface area (TPSA) is 17.2 Å². The Morgan fingerprint density at radius 1 is 1.70 bits per heavy atom. The first-order valence-electron chi connectivity index (χ1n) is 3.08. The van der Waals surface area contributed by atoms with Gasteiger partial charge in [0.1, 0.15) is 5.69 Å². The molecule has 0 fully saturated rings. The molecule has 0 aromatic carbocycles. The molecule has 0 atom stereocenters. The van der Waals surface area contributed by atoms with Crippen molar-refractivity contribution < 1.29 is 0 Å². The molecule has 0 aliphatic carbocycles. The number of rotatable bonds is 1. The number of pyridine rings is 1. The van der Waals surface area contributed by atoms with Crippen molar-refractivity contribution in [1.29, 1.82) is 0 Å². The summed E-state index contributed by atoms with van der Waals surface area (Å²) in [7, 11) is 0. The van der Waals surface area contributed by atoms with Crippen molar-refractivity contribution >= 4 is 0 Å². The SMILES string of the molecule is [C-]#[N+]Cc1ncccc1C. The fourth-order valence-electron chi connectivity index (χ4n) is 0.759. The molecule has 0 N–H and O–H groups in total. The second kappa shape index (κ2) is 2.98. The van der Waals surface area contributed by atoms with E-state index in [2.05, 4.69) is 9.83 Å². The van der Waals surface area contributed by atoms with E-state index < -0.39 is 0 Å². The van der Waals surface area contributed by atoms with Gasteiger partial charge in [0.2, 0.25) is 0 Å². The molecule has 1 aromatic heterocycles. The number of aromatic nitrogens is 1. The zero-order chi connectivity index (χ0) is 7.40. The van der Waals surface area contributed by atoms with Gasteiger partial charge in [-0.25, -0.2) is 6.57 Å². The van der Waals surface area contributed by atoms with Gasteiger partial charge in [-0.2, -0.15) is 0 Å². The molecule has 0 saturated heterocycles. The average molecular weight is 132 g/mol. The number of hydrogen-bond acceptors (Lipinski definition) is 1. The lowest BCUT2D eigenvalue weighted by atomic mass is 10.2. The van der Waals surface area contributed by atoms with Gasteiger partial charge in [-0.1, -0.05) is 6.07 Å². The molecule has 1 heterocycles. The summed E-state index contributed by atoms with van der Waals surface area (Å²) in [4.78, 5) is 7.31. The van der Waals surface area contributed by atoms with Crippen molar-refractivity contribution in [2.45, 2.75) is 13.5 Å². The Morgan fingerprint density at radius 3 is 3.10 bits per heavy atom. The Hall–Kier alpha value is -1.36. The summed E-state index contributed by atoms with van der Waals surface area (Å²) >= 11 is 0. The van der Waals surface area contributed by atoms with E-state index in [9.17, 15) is 0 Å². The molecule has 0 aliphatic heterocycles. The molecule has 2 nitrogen and oxygen atoms in total. The zero-order valence-electron chi connectivity index (χ0n) is 5.83. The van der Waals surface area contributed by atoms with Gasteiger partial charge >= 0.3 is 0 Å². The van der Waals surface area contributed by atoms with Gasteiger partial charge in [-0.3, -0.25) is 4.98 Å². The predicted octanol–water partition coefficient (Wildman–Crippen LogP) is 1.81. The van der Waals surface area contributed by atoms with E-state index in [1.54, 1.807) is 6.20 Å². The highest BCUT2D eigenvalue weighted by Gasteiger charge is 1.98. The van der Waals surface area contributed by atoms with E-state index in [-0.39, 0.29) is 0 Å². The molecule has 50 valence electrons. The van der Waals surface area contributed by atoms with E-state index in [0.717, 1.165) is 11.3 Å². The highest BCUT2D eigenvalue weighted by molar-refractivity contribution is 5.18. The number of hydrogen-bond donors (Lipinski definition) is 0. The molecule has 0 bridgehead atoms. The molecule has 0 radical (unpaired) electrons. The zero-order valence-corrected chi connectivity index (χ0v) is 5.83. The monoisotopic (exact) mass is 132 g/mol. The first kappa shape index (κ1) is 6.76. The maximum atomic E-state index is 6.62. The Balaban J connectivity index is 2.94. The first-order valence-corrected chi connectivity index (χ1v) is 3.08. The highest BCUT2D eigenvalue weighted by atomic mass is 14.7. The van der Waals surface area contributed by atoms with Crippen LogP contribution >= 0.6 is 0 Å². The normalized spacial score (nSPS) is 8.80. The predicted molar refractivity (Wildman–Crippen MR) is 39.3 cm³/mol. The summed E-state index contributed by atoms with van der Waals surface area (Å²) in [5.41, 5.74) is 1.98. The van der Waals surface area contributed by atoms with E-state index in [0.29, 0.717) is 6.54 Å². The standard InChI is InChI=1S/C8H8N2/c1-7-4-3-5-10-8(7)6-9-2/h3-5H,6H2,1H3. The van der Waals surface area contributed by atoms with Crippen LogP contribution in [0.4, 0.5) is 0 Å². The molecule has 10 heavy (non-hydrogen) atoms. The van der Waals surface area contributed by atoms with E-state index in [1.165, 1.54) is 0 Å². The smallest absolute Gasteiger partial charge is 0.256 e. The van der Waals surface area contributed by atoms with Crippen LogP contribution < -0.4 is 0 Å². The largest absolute Gasteiger partial charge is 0.310 e. The van der Waals surface area contributed by atoms with Crippen LogP contribution in [0.3, 0.4) is 0 Å². The minimum atomic E-state index is 0.396. The molecule has 0 aliphatic rings. The summed E-state index contributed by atoms with van der Waals surface area (Å²) in [6.45, 7) is 8.98. The molecule has 1 aromatic rings. The second-order valence-electron chi connectivity index (χ2n) is 2.08. The van der Waals surface area contributed by atoms with Crippen molar-refractivity contribution in [3.05, 3.63) is 41.0 Å². The molecular formula is C8H8N2. The fraction of sp³-hybridized carbons (Fsp3) is 0.250. The van der Waals surface area contributed by atoms with Crippen LogP contribution in [0.25, 0.3) is 4.85 Å².